The topological polar surface area (TPSA) is 10.4 Å². The Bertz CT molecular complexity index is 1010. The average molecular weight is 590 g/mol. The number of anilines is 1. The Morgan fingerprint density at radius 1 is 0.971 bits per heavy atom. The third kappa shape index (κ3) is 5.35. The van der Waals surface area contributed by atoms with E-state index in [0.717, 1.165) is 6.54 Å². The van der Waals surface area contributed by atoms with Crippen molar-refractivity contribution in [2.24, 2.45) is 0 Å². The summed E-state index contributed by atoms with van der Waals surface area (Å²) in [7, 11) is 2.17. The summed E-state index contributed by atoms with van der Waals surface area (Å²) in [5.74, 6) is 0. The van der Waals surface area contributed by atoms with Crippen molar-refractivity contribution in [2.75, 3.05) is 57.8 Å². The zero-order chi connectivity index (χ0) is 22.2. The molecule has 1 aromatic heterocycles. The number of quaternary nitrogens is 1. The van der Waals surface area contributed by atoms with Crippen molar-refractivity contribution in [1.29, 1.82) is 0 Å². The quantitative estimate of drug-likeness (QED) is 0.281. The second-order valence-electron chi connectivity index (χ2n) is 10.4. The van der Waals surface area contributed by atoms with Crippen LogP contribution in [-0.2, 0) is 12.0 Å². The maximum Gasteiger partial charge on any atom is 0.169 e. The first-order chi connectivity index (χ1) is 15.5. The Morgan fingerprint density at radius 3 is 2.26 bits per heavy atom. The molecule has 0 atom stereocenters. The molecule has 3 saturated heterocycles. The number of nitrogens with zero attached hydrogens (tertiary/aromatic N) is 4. The minimum atomic E-state index is 0. The molecule has 4 nitrogen and oxygen atoms in total. The molecule has 6 rings (SSSR count). The molecule has 34 heavy (non-hydrogen) atoms. The predicted octanol–water partition coefficient (Wildman–Crippen LogP) is -2.16. The van der Waals surface area contributed by atoms with Crippen molar-refractivity contribution in [1.82, 2.24) is 4.90 Å². The van der Waals surface area contributed by atoms with Gasteiger partial charge in [0.1, 0.15) is 0 Å². The lowest BCUT2D eigenvalue weighted by molar-refractivity contribution is -0.942. The van der Waals surface area contributed by atoms with Gasteiger partial charge in [-0.25, -0.2) is 4.57 Å². The van der Waals surface area contributed by atoms with Crippen LogP contribution in [0.4, 0.5) is 5.69 Å². The smallest absolute Gasteiger partial charge is 0.169 e. The van der Waals surface area contributed by atoms with Crippen LogP contribution in [0.25, 0.3) is 6.08 Å². The van der Waals surface area contributed by atoms with E-state index in [4.69, 9.17) is 0 Å². The molecule has 0 unspecified atom stereocenters. The highest BCUT2D eigenvalue weighted by Crippen LogP contribution is 2.46. The van der Waals surface area contributed by atoms with Gasteiger partial charge in [-0.2, -0.15) is 0 Å². The van der Waals surface area contributed by atoms with Crippen molar-refractivity contribution >= 4 is 11.8 Å². The summed E-state index contributed by atoms with van der Waals surface area (Å²) in [6, 6.07) is 13.2. The van der Waals surface area contributed by atoms with Gasteiger partial charge in [0.05, 0.1) is 32.6 Å². The van der Waals surface area contributed by atoms with Crippen LogP contribution >= 0.6 is 0 Å². The summed E-state index contributed by atoms with van der Waals surface area (Å²) in [6.45, 7) is 15.1. The third-order valence-electron chi connectivity index (χ3n) is 8.12. The normalized spacial score (nSPS) is 25.8. The zero-order valence-electron chi connectivity index (χ0n) is 20.8. The van der Waals surface area contributed by atoms with Gasteiger partial charge in [0.25, 0.3) is 0 Å². The first-order valence-corrected chi connectivity index (χ1v) is 12.3. The Balaban J connectivity index is 0.00000162. The number of piperazine rings is 3. The van der Waals surface area contributed by atoms with E-state index in [1.54, 1.807) is 0 Å². The van der Waals surface area contributed by atoms with Gasteiger partial charge in [-0.1, -0.05) is 44.2 Å². The molecule has 2 aromatic rings. The Labute approximate surface area is 226 Å². The molecule has 2 bridgehead atoms. The second kappa shape index (κ2) is 11.1. The number of para-hydroxylation sites is 1. The van der Waals surface area contributed by atoms with Crippen LogP contribution in [0.2, 0.25) is 0 Å². The molecule has 0 spiro atoms. The van der Waals surface area contributed by atoms with E-state index < -0.39 is 0 Å². The third-order valence-corrected chi connectivity index (χ3v) is 8.12. The molecule has 0 N–H and O–H groups in total. The van der Waals surface area contributed by atoms with Crippen LogP contribution in [-0.4, -0.2) is 62.2 Å². The molecular weight excluding hydrogens is 552 g/mol. The fraction of sp³-hybridized carbons (Fsp3) is 0.464. The van der Waals surface area contributed by atoms with E-state index in [-0.39, 0.29) is 39.4 Å². The summed E-state index contributed by atoms with van der Waals surface area (Å²) in [5, 5.41) is 0. The van der Waals surface area contributed by atoms with Gasteiger partial charge in [-0.05, 0) is 23.3 Å². The van der Waals surface area contributed by atoms with Crippen molar-refractivity contribution < 1.29 is 43.0 Å². The molecule has 4 aliphatic heterocycles. The van der Waals surface area contributed by atoms with Crippen LogP contribution in [0.5, 0.6) is 0 Å². The molecule has 1 aromatic carbocycles. The summed E-state index contributed by atoms with van der Waals surface area (Å²) in [6.07, 6.45) is 12.4. The highest BCUT2D eigenvalue weighted by atomic mass is 79.9. The van der Waals surface area contributed by atoms with E-state index in [1.165, 1.54) is 79.2 Å². The molecule has 0 radical (unpaired) electrons. The Hall–Kier alpha value is -1.47. The molecule has 184 valence electrons. The van der Waals surface area contributed by atoms with Crippen LogP contribution in [0, 0.1) is 0 Å². The lowest BCUT2D eigenvalue weighted by Crippen LogP contribution is -3.00. The van der Waals surface area contributed by atoms with Crippen LogP contribution < -0.4 is 43.4 Å². The van der Waals surface area contributed by atoms with Gasteiger partial charge in [0.15, 0.2) is 18.9 Å². The highest BCUT2D eigenvalue weighted by Gasteiger charge is 2.38. The van der Waals surface area contributed by atoms with Gasteiger partial charge in [0.2, 0.25) is 0 Å². The zero-order valence-corrected chi connectivity index (χ0v) is 23.9. The van der Waals surface area contributed by atoms with E-state index in [9.17, 15) is 0 Å². The molecule has 5 heterocycles. The predicted molar refractivity (Wildman–Crippen MR) is 132 cm³/mol. The van der Waals surface area contributed by atoms with Crippen LogP contribution in [0.3, 0.4) is 0 Å². The van der Waals surface area contributed by atoms with Crippen molar-refractivity contribution in [3.05, 3.63) is 77.8 Å². The largest absolute Gasteiger partial charge is 1.00 e. The van der Waals surface area contributed by atoms with Crippen molar-refractivity contribution in [3.8, 4) is 0 Å². The average Bonchev–Trinajstić information content (AvgIpc) is 3.02. The number of hydrogen-bond donors (Lipinski definition) is 0. The lowest BCUT2D eigenvalue weighted by atomic mass is 9.84. The molecule has 0 saturated carbocycles. The van der Waals surface area contributed by atoms with Gasteiger partial charge in [0, 0.05) is 55.6 Å². The number of pyridine rings is 1. The number of fused-ring (bicyclic) bond motifs is 4. The number of aryl methyl sites for hydroxylation is 1. The van der Waals surface area contributed by atoms with Crippen molar-refractivity contribution in [3.63, 3.8) is 0 Å². The first-order valence-electron chi connectivity index (χ1n) is 12.3. The minimum absolute atomic E-state index is 0. The van der Waals surface area contributed by atoms with Gasteiger partial charge in [-0.15, -0.1) is 0 Å². The highest BCUT2D eigenvalue weighted by molar-refractivity contribution is 5.70. The van der Waals surface area contributed by atoms with Gasteiger partial charge >= 0.3 is 0 Å². The van der Waals surface area contributed by atoms with Gasteiger partial charge < -0.3 is 43.3 Å². The summed E-state index contributed by atoms with van der Waals surface area (Å²) < 4.78 is 3.71. The summed E-state index contributed by atoms with van der Waals surface area (Å²) in [4.78, 5) is 4.95. The van der Waals surface area contributed by atoms with Crippen molar-refractivity contribution in [2.45, 2.75) is 32.2 Å². The number of rotatable bonds is 6. The number of allylic oxidation sites excluding steroid dienone is 3. The minimum Gasteiger partial charge on any atom is -1.00 e. The van der Waals surface area contributed by atoms with Crippen LogP contribution in [0.1, 0.15) is 31.4 Å². The van der Waals surface area contributed by atoms with E-state index >= 15 is 0 Å². The maximum absolute atomic E-state index is 2.63. The SMILES string of the molecule is CN1/C(=C/C=C/c2cc[n+](CCC[N+]34CCN(CC3)CC4)cc2)C(C)(C)c2ccccc21.[Br-].[Br-]. The number of aromatic nitrogens is 1. The second-order valence-corrected chi connectivity index (χ2v) is 10.4. The molecule has 4 aliphatic rings. The number of likely N-dealkylation sites (N-methyl/N-ethyl adjacent to an activating group) is 1. The number of benzene rings is 1. The molecule has 6 heteroatoms. The van der Waals surface area contributed by atoms with Crippen LogP contribution in [0.15, 0.2) is 66.6 Å². The van der Waals surface area contributed by atoms with E-state index in [1.807, 2.05) is 0 Å². The number of hydrogen-bond acceptors (Lipinski definition) is 2. The molecule has 0 amide bonds. The molecule has 0 aliphatic carbocycles. The molecule has 3 fully saturated rings. The number of halogens is 2. The maximum atomic E-state index is 2.63. The summed E-state index contributed by atoms with van der Waals surface area (Å²) in [5.41, 5.74) is 5.34. The molecular formula is C28H38Br2N4. The standard InChI is InChI=1S/C28H38N4.2BrH/c1-28(2)25-9-4-5-10-26(25)29(3)27(28)11-6-8-24-12-15-30(16-13-24)14-7-20-32-21-17-31(18-22-32)19-23-32;;/h4-6,8-13,15-16H,7,14,17-23H2,1-3H3;2*1H/q+2;;/p-2. The van der Waals surface area contributed by atoms with Gasteiger partial charge in [-0.3, -0.25) is 4.90 Å². The Kier molecular flexibility index (Phi) is 8.83. The Morgan fingerprint density at radius 2 is 1.62 bits per heavy atom. The first kappa shape index (κ1) is 27.1. The summed E-state index contributed by atoms with van der Waals surface area (Å²) >= 11 is 0. The monoisotopic (exact) mass is 588 g/mol. The fourth-order valence-corrected chi connectivity index (χ4v) is 5.94. The van der Waals surface area contributed by atoms with E-state index in [2.05, 4.69) is 102 Å². The fourth-order valence-electron chi connectivity index (χ4n) is 5.94. The lowest BCUT2D eigenvalue weighted by Gasteiger charge is -2.50. The van der Waals surface area contributed by atoms with E-state index in [0.29, 0.717) is 0 Å².